The van der Waals surface area contributed by atoms with Crippen molar-refractivity contribution in [2.75, 3.05) is 0 Å². The molecule has 11 rings (SSSR count). The van der Waals surface area contributed by atoms with Crippen LogP contribution in [0.5, 0.6) is 0 Å². The van der Waals surface area contributed by atoms with Crippen LogP contribution < -0.4 is 0 Å². The third-order valence-corrected chi connectivity index (χ3v) is 11.0. The Balaban J connectivity index is 1.12. The van der Waals surface area contributed by atoms with Gasteiger partial charge in [-0.05, 0) is 98.4 Å². The molecule has 0 aliphatic heterocycles. The van der Waals surface area contributed by atoms with Gasteiger partial charge in [0.1, 0.15) is 0 Å². The molecule has 11 aromatic rings. The number of aromatic nitrogens is 3. The molecule has 0 spiro atoms. The van der Waals surface area contributed by atoms with E-state index in [-0.39, 0.29) is 0 Å². The zero-order valence-electron chi connectivity index (χ0n) is 29.9. The van der Waals surface area contributed by atoms with Crippen LogP contribution in [0.4, 0.5) is 0 Å². The molecule has 2 heterocycles. The standard InChI is InChI=1S/C52H33N3/c1-3-14-35(15-4-1)44-32-47-48(33-45(44)42-24-13-21-34-16-9-10-22-41(34)42)53-52(54-51(47)36-17-5-2-6-18-36)37-26-28-40(29-27-37)55-49-25-12-11-23-43(49)46-30-38-19-7-8-20-39(38)31-50(46)55/h1-33H. The molecule has 0 atom stereocenters. The molecule has 0 unspecified atom stereocenters. The zero-order chi connectivity index (χ0) is 36.3. The molecule has 0 aliphatic carbocycles. The molecule has 3 heteroatoms. The number of benzene rings is 9. The van der Waals surface area contributed by atoms with Crippen molar-refractivity contribution in [2.24, 2.45) is 0 Å². The van der Waals surface area contributed by atoms with Gasteiger partial charge in [-0.3, -0.25) is 0 Å². The minimum Gasteiger partial charge on any atom is -0.309 e. The predicted molar refractivity (Wildman–Crippen MR) is 231 cm³/mol. The second-order valence-electron chi connectivity index (χ2n) is 14.2. The van der Waals surface area contributed by atoms with Gasteiger partial charge in [-0.1, -0.05) is 146 Å². The van der Waals surface area contributed by atoms with E-state index in [4.69, 9.17) is 9.97 Å². The van der Waals surface area contributed by atoms with Gasteiger partial charge >= 0.3 is 0 Å². The van der Waals surface area contributed by atoms with Crippen molar-refractivity contribution in [3.8, 4) is 50.6 Å². The Kier molecular flexibility index (Phi) is 7.17. The van der Waals surface area contributed by atoms with Crippen molar-refractivity contribution in [1.29, 1.82) is 0 Å². The van der Waals surface area contributed by atoms with Crippen LogP contribution in [0, 0.1) is 0 Å². The minimum absolute atomic E-state index is 0.697. The second kappa shape index (κ2) is 12.6. The summed E-state index contributed by atoms with van der Waals surface area (Å²) in [4.78, 5) is 10.7. The van der Waals surface area contributed by atoms with Gasteiger partial charge in [0.05, 0.1) is 22.2 Å². The smallest absolute Gasteiger partial charge is 0.160 e. The Bertz CT molecular complexity index is 3230. The zero-order valence-corrected chi connectivity index (χ0v) is 29.9. The molecule has 9 aromatic carbocycles. The van der Waals surface area contributed by atoms with Crippen LogP contribution in [-0.4, -0.2) is 14.5 Å². The Morgan fingerprint density at radius 2 is 0.964 bits per heavy atom. The summed E-state index contributed by atoms with van der Waals surface area (Å²) in [5.74, 6) is 0.697. The fraction of sp³-hybridized carbons (Fsp3) is 0. The van der Waals surface area contributed by atoms with E-state index >= 15 is 0 Å². The van der Waals surface area contributed by atoms with Gasteiger partial charge in [-0.25, -0.2) is 9.97 Å². The van der Waals surface area contributed by atoms with E-state index in [0.717, 1.165) is 50.1 Å². The first kappa shape index (κ1) is 31.2. The maximum atomic E-state index is 5.34. The Labute approximate surface area is 318 Å². The lowest BCUT2D eigenvalue weighted by atomic mass is 9.89. The first-order valence-corrected chi connectivity index (χ1v) is 18.7. The second-order valence-corrected chi connectivity index (χ2v) is 14.2. The largest absolute Gasteiger partial charge is 0.309 e. The quantitative estimate of drug-likeness (QED) is 0.179. The van der Waals surface area contributed by atoms with Gasteiger partial charge in [-0.15, -0.1) is 0 Å². The summed E-state index contributed by atoms with van der Waals surface area (Å²) in [6.07, 6.45) is 0. The molecule has 0 aliphatic rings. The van der Waals surface area contributed by atoms with E-state index < -0.39 is 0 Å². The summed E-state index contributed by atoms with van der Waals surface area (Å²) in [7, 11) is 0. The molecule has 3 nitrogen and oxygen atoms in total. The van der Waals surface area contributed by atoms with E-state index in [0.29, 0.717) is 5.82 Å². The number of rotatable bonds is 5. The van der Waals surface area contributed by atoms with Gasteiger partial charge in [0.25, 0.3) is 0 Å². The molecule has 0 fully saturated rings. The first-order valence-electron chi connectivity index (χ1n) is 18.7. The van der Waals surface area contributed by atoms with Crippen molar-refractivity contribution in [1.82, 2.24) is 14.5 Å². The highest BCUT2D eigenvalue weighted by atomic mass is 15.0. The summed E-state index contributed by atoms with van der Waals surface area (Å²) in [6.45, 7) is 0. The van der Waals surface area contributed by atoms with E-state index in [9.17, 15) is 0 Å². The normalized spacial score (nSPS) is 11.6. The monoisotopic (exact) mass is 699 g/mol. The third kappa shape index (κ3) is 5.20. The number of nitrogens with zero attached hydrogens (tertiary/aromatic N) is 3. The highest BCUT2D eigenvalue weighted by Crippen LogP contribution is 2.41. The van der Waals surface area contributed by atoms with Gasteiger partial charge in [0, 0.05) is 33.0 Å². The number of hydrogen-bond donors (Lipinski definition) is 0. The van der Waals surface area contributed by atoms with Crippen molar-refractivity contribution < 1.29 is 0 Å². The van der Waals surface area contributed by atoms with E-state index in [1.165, 1.54) is 48.9 Å². The van der Waals surface area contributed by atoms with Crippen molar-refractivity contribution in [3.63, 3.8) is 0 Å². The fourth-order valence-corrected chi connectivity index (χ4v) is 8.35. The Morgan fingerprint density at radius 3 is 1.75 bits per heavy atom. The molecule has 0 amide bonds. The maximum absolute atomic E-state index is 5.34. The average molecular weight is 700 g/mol. The van der Waals surface area contributed by atoms with Crippen molar-refractivity contribution in [2.45, 2.75) is 0 Å². The predicted octanol–water partition coefficient (Wildman–Crippen LogP) is 13.7. The topological polar surface area (TPSA) is 30.7 Å². The molecule has 0 bridgehead atoms. The Morgan fingerprint density at radius 1 is 0.327 bits per heavy atom. The maximum Gasteiger partial charge on any atom is 0.160 e. The summed E-state index contributed by atoms with van der Waals surface area (Å²) in [5.41, 5.74) is 12.0. The highest BCUT2D eigenvalue weighted by Gasteiger charge is 2.19. The van der Waals surface area contributed by atoms with Crippen LogP contribution in [0.3, 0.4) is 0 Å². The SMILES string of the molecule is c1ccc(-c2cc3c(-c4ccccc4)nc(-c4ccc(-n5c6ccccc6c6cc7ccccc7cc65)cc4)nc3cc2-c2cccc3ccccc23)cc1. The number of para-hydroxylation sites is 1. The van der Waals surface area contributed by atoms with Gasteiger partial charge in [-0.2, -0.15) is 0 Å². The summed E-state index contributed by atoms with van der Waals surface area (Å²) >= 11 is 0. The Hall–Kier alpha value is -7.36. The molecule has 55 heavy (non-hydrogen) atoms. The molecular weight excluding hydrogens is 667 g/mol. The first-order chi connectivity index (χ1) is 27.3. The molecule has 256 valence electrons. The van der Waals surface area contributed by atoms with Crippen LogP contribution >= 0.6 is 0 Å². The minimum atomic E-state index is 0.697. The summed E-state index contributed by atoms with van der Waals surface area (Å²) in [6, 6.07) is 71.5. The lowest BCUT2D eigenvalue weighted by Gasteiger charge is -2.17. The third-order valence-electron chi connectivity index (χ3n) is 11.0. The molecule has 0 saturated carbocycles. The van der Waals surface area contributed by atoms with Crippen LogP contribution in [0.2, 0.25) is 0 Å². The summed E-state index contributed by atoms with van der Waals surface area (Å²) < 4.78 is 2.37. The van der Waals surface area contributed by atoms with Crippen LogP contribution in [0.1, 0.15) is 0 Å². The van der Waals surface area contributed by atoms with Crippen molar-refractivity contribution >= 4 is 54.3 Å². The molecular formula is C52H33N3. The fourth-order valence-electron chi connectivity index (χ4n) is 8.35. The van der Waals surface area contributed by atoms with Crippen molar-refractivity contribution in [3.05, 3.63) is 200 Å². The molecule has 0 saturated heterocycles. The molecule has 0 N–H and O–H groups in total. The van der Waals surface area contributed by atoms with Crippen LogP contribution in [0.25, 0.3) is 105 Å². The highest BCUT2D eigenvalue weighted by molar-refractivity contribution is 6.13. The number of fused-ring (bicyclic) bond motifs is 6. The summed E-state index contributed by atoms with van der Waals surface area (Å²) in [5, 5.41) is 8.42. The van der Waals surface area contributed by atoms with Crippen LogP contribution in [0.15, 0.2) is 200 Å². The van der Waals surface area contributed by atoms with Crippen LogP contribution in [-0.2, 0) is 0 Å². The molecule has 2 aromatic heterocycles. The lowest BCUT2D eigenvalue weighted by Crippen LogP contribution is -1.98. The van der Waals surface area contributed by atoms with Gasteiger partial charge in [0.2, 0.25) is 0 Å². The van der Waals surface area contributed by atoms with E-state index in [2.05, 4.69) is 205 Å². The lowest BCUT2D eigenvalue weighted by molar-refractivity contribution is 1.17. The number of hydrogen-bond acceptors (Lipinski definition) is 2. The van der Waals surface area contributed by atoms with Gasteiger partial charge < -0.3 is 4.57 Å². The van der Waals surface area contributed by atoms with E-state index in [1.54, 1.807) is 0 Å². The average Bonchev–Trinajstić information content (AvgIpc) is 3.58. The molecule has 0 radical (unpaired) electrons. The van der Waals surface area contributed by atoms with E-state index in [1.807, 2.05) is 0 Å². The van der Waals surface area contributed by atoms with Gasteiger partial charge in [0.15, 0.2) is 5.82 Å².